The average molecular weight is 780 g/mol. The number of carbonyl (C=O) groups excluding carboxylic acids is 1. The van der Waals surface area contributed by atoms with Crippen molar-refractivity contribution < 1.29 is 74.0 Å². The standard InChI is InChI=1S/C24H35N7O.3C2HF3O2/c1-28-17-18-31-21(22(32)25-11-16-29-12-5-6-13-29)26-27-23(31)24(28)9-14-30(15-10-24)19-20-7-3-2-4-8-20;3*3-2(4,5)1(6)7/h2-4,7-8H,5-6,9-19H2,1H3,(H,25,32);3*(H,6,7). The van der Waals surface area contributed by atoms with E-state index in [2.05, 4.69) is 72.2 Å². The van der Waals surface area contributed by atoms with Gasteiger partial charge in [0, 0.05) is 45.8 Å². The number of likely N-dealkylation sites (N-methyl/N-ethyl adjacent to an activating group) is 1. The van der Waals surface area contributed by atoms with Crippen molar-refractivity contribution in [3.8, 4) is 0 Å². The second-order valence-corrected chi connectivity index (χ2v) is 11.9. The topological polar surface area (TPSA) is 181 Å². The Balaban J connectivity index is 0.000000379. The second-order valence-electron chi connectivity index (χ2n) is 11.9. The van der Waals surface area contributed by atoms with Crippen LogP contribution in [0.5, 0.6) is 0 Å². The fraction of sp³-hybridized carbons (Fsp3) is 0.600. The van der Waals surface area contributed by atoms with Crippen molar-refractivity contribution in [3.05, 3.63) is 47.5 Å². The van der Waals surface area contributed by atoms with Crippen LogP contribution in [0.2, 0.25) is 0 Å². The predicted octanol–water partition coefficient (Wildman–Crippen LogP) is 3.44. The number of hydrogen-bond donors (Lipinski definition) is 4. The van der Waals surface area contributed by atoms with Gasteiger partial charge >= 0.3 is 36.4 Å². The van der Waals surface area contributed by atoms with Crippen molar-refractivity contribution >= 4 is 23.8 Å². The van der Waals surface area contributed by atoms with Crippen molar-refractivity contribution in [1.29, 1.82) is 0 Å². The van der Waals surface area contributed by atoms with Gasteiger partial charge in [0.25, 0.3) is 5.91 Å². The van der Waals surface area contributed by atoms with Crippen LogP contribution in [0.3, 0.4) is 0 Å². The summed E-state index contributed by atoms with van der Waals surface area (Å²) in [6.07, 6.45) is -10.7. The van der Waals surface area contributed by atoms with Gasteiger partial charge < -0.3 is 30.1 Å². The summed E-state index contributed by atoms with van der Waals surface area (Å²) < 4.78 is 97.3. The van der Waals surface area contributed by atoms with E-state index in [1.807, 2.05) is 0 Å². The van der Waals surface area contributed by atoms with Gasteiger partial charge in [0.15, 0.2) is 5.82 Å². The van der Waals surface area contributed by atoms with E-state index in [0.717, 1.165) is 71.0 Å². The molecule has 0 bridgehead atoms. The van der Waals surface area contributed by atoms with E-state index >= 15 is 0 Å². The summed E-state index contributed by atoms with van der Waals surface area (Å²) in [5, 5.41) is 33.4. The molecule has 1 aromatic heterocycles. The van der Waals surface area contributed by atoms with Crippen molar-refractivity contribution in [3.63, 3.8) is 0 Å². The summed E-state index contributed by atoms with van der Waals surface area (Å²) in [7, 11) is 2.20. The molecule has 5 rings (SSSR count). The van der Waals surface area contributed by atoms with Crippen molar-refractivity contribution in [1.82, 2.24) is 34.8 Å². The first-order valence-electron chi connectivity index (χ1n) is 15.8. The Morgan fingerprint density at radius 3 is 1.64 bits per heavy atom. The molecule has 1 spiro atoms. The van der Waals surface area contributed by atoms with Crippen LogP contribution in [0, 0.1) is 0 Å². The molecule has 0 unspecified atom stereocenters. The van der Waals surface area contributed by atoms with Crippen LogP contribution in [0.4, 0.5) is 39.5 Å². The summed E-state index contributed by atoms with van der Waals surface area (Å²) in [6, 6.07) is 10.7. The molecular weight excluding hydrogens is 741 g/mol. The average Bonchev–Trinajstić information content (AvgIpc) is 3.75. The Bertz CT molecular complexity index is 1450. The number of piperidine rings is 1. The van der Waals surface area contributed by atoms with E-state index in [1.165, 1.54) is 18.4 Å². The molecule has 0 atom stereocenters. The quantitative estimate of drug-likeness (QED) is 0.314. The normalized spacial score (nSPS) is 17.5. The van der Waals surface area contributed by atoms with Gasteiger partial charge in [-0.1, -0.05) is 30.3 Å². The van der Waals surface area contributed by atoms with E-state index in [4.69, 9.17) is 29.7 Å². The molecular formula is C30H38F9N7O7. The minimum Gasteiger partial charge on any atom is -0.475 e. The Morgan fingerprint density at radius 2 is 1.19 bits per heavy atom. The fourth-order valence-corrected chi connectivity index (χ4v) is 5.60. The molecule has 53 heavy (non-hydrogen) atoms. The van der Waals surface area contributed by atoms with Gasteiger partial charge in [-0.05, 0) is 51.4 Å². The highest BCUT2D eigenvalue weighted by atomic mass is 19.4. The number of aromatic nitrogens is 3. The van der Waals surface area contributed by atoms with Crippen molar-refractivity contribution in [2.24, 2.45) is 0 Å². The maximum absolute atomic E-state index is 12.9. The van der Waals surface area contributed by atoms with Crippen molar-refractivity contribution in [2.75, 3.05) is 52.9 Å². The minimum atomic E-state index is -5.08. The zero-order valence-corrected chi connectivity index (χ0v) is 28.1. The number of amides is 1. The molecule has 3 aliphatic heterocycles. The predicted molar refractivity (Wildman–Crippen MR) is 164 cm³/mol. The Morgan fingerprint density at radius 1 is 0.717 bits per heavy atom. The van der Waals surface area contributed by atoms with Crippen LogP contribution in [-0.4, -0.2) is 140 Å². The number of benzene rings is 1. The lowest BCUT2D eigenvalue weighted by atomic mass is 9.83. The van der Waals surface area contributed by atoms with Gasteiger partial charge in [-0.3, -0.25) is 14.6 Å². The number of nitrogens with zero attached hydrogens (tertiary/aromatic N) is 6. The van der Waals surface area contributed by atoms with Gasteiger partial charge in [-0.15, -0.1) is 10.2 Å². The summed E-state index contributed by atoms with van der Waals surface area (Å²) in [4.78, 5) is 46.9. The SMILES string of the molecule is CN1CCn2c(C(=O)NCCN3CCCC3)nnc2C12CCN(Cc1ccccc1)CC2.O=C(O)C(F)(F)F.O=C(O)C(F)(F)F.O=C(O)C(F)(F)F. The van der Waals surface area contributed by atoms with Crippen molar-refractivity contribution in [2.45, 2.75) is 62.8 Å². The molecule has 1 amide bonds. The zero-order chi connectivity index (χ0) is 40.2. The first-order valence-corrected chi connectivity index (χ1v) is 15.8. The number of alkyl halides is 9. The van der Waals surface area contributed by atoms with Gasteiger partial charge in [0.1, 0.15) is 0 Å². The number of carboxylic acid groups (broad SMARTS) is 3. The highest BCUT2D eigenvalue weighted by Gasteiger charge is 2.47. The number of rotatable bonds is 6. The smallest absolute Gasteiger partial charge is 0.475 e. The fourth-order valence-electron chi connectivity index (χ4n) is 5.60. The summed E-state index contributed by atoms with van der Waals surface area (Å²) >= 11 is 0. The van der Waals surface area contributed by atoms with Gasteiger partial charge in [-0.25, -0.2) is 14.4 Å². The summed E-state index contributed by atoms with van der Waals surface area (Å²) in [5.41, 5.74) is 1.23. The zero-order valence-electron chi connectivity index (χ0n) is 28.1. The molecule has 14 nitrogen and oxygen atoms in total. The molecule has 1 aromatic carbocycles. The van der Waals surface area contributed by atoms with Crippen LogP contribution < -0.4 is 5.32 Å². The third-order valence-corrected chi connectivity index (χ3v) is 8.33. The van der Waals surface area contributed by atoms with E-state index in [-0.39, 0.29) is 11.4 Å². The van der Waals surface area contributed by atoms with Crippen LogP contribution in [0.25, 0.3) is 0 Å². The lowest BCUT2D eigenvalue weighted by molar-refractivity contribution is -0.193. The molecule has 4 heterocycles. The highest BCUT2D eigenvalue weighted by molar-refractivity contribution is 5.90. The van der Waals surface area contributed by atoms with Crippen LogP contribution >= 0.6 is 0 Å². The molecule has 0 radical (unpaired) electrons. The molecule has 3 aliphatic rings. The largest absolute Gasteiger partial charge is 0.490 e. The maximum atomic E-state index is 12.9. The molecule has 2 aromatic rings. The Labute approximate surface area is 296 Å². The van der Waals surface area contributed by atoms with Crippen LogP contribution in [-0.2, 0) is 33.0 Å². The molecule has 298 valence electrons. The first kappa shape index (κ1) is 44.7. The van der Waals surface area contributed by atoms with E-state index < -0.39 is 36.4 Å². The molecule has 0 aliphatic carbocycles. The number of aliphatic carboxylic acids is 3. The van der Waals surface area contributed by atoms with Gasteiger partial charge in [-0.2, -0.15) is 39.5 Å². The highest BCUT2D eigenvalue weighted by Crippen LogP contribution is 2.40. The third-order valence-electron chi connectivity index (χ3n) is 8.33. The number of carboxylic acids is 3. The number of likely N-dealkylation sites (tertiary alicyclic amines) is 2. The molecule has 4 N–H and O–H groups in total. The Hall–Kier alpha value is -4.51. The van der Waals surface area contributed by atoms with Gasteiger partial charge in [0.2, 0.25) is 5.82 Å². The third kappa shape index (κ3) is 13.8. The number of fused-ring (bicyclic) bond motifs is 2. The lowest BCUT2D eigenvalue weighted by Gasteiger charge is -2.49. The van der Waals surface area contributed by atoms with E-state index in [0.29, 0.717) is 12.4 Å². The van der Waals surface area contributed by atoms with Gasteiger partial charge in [0.05, 0.1) is 5.54 Å². The number of halogens is 9. The first-order chi connectivity index (χ1) is 24.5. The minimum absolute atomic E-state index is 0.0934. The molecule has 0 saturated carbocycles. The molecule has 2 fully saturated rings. The van der Waals surface area contributed by atoms with Crippen LogP contribution in [0.15, 0.2) is 30.3 Å². The number of nitrogens with one attached hydrogen (secondary N) is 1. The molecule has 2 saturated heterocycles. The lowest BCUT2D eigenvalue weighted by Crippen LogP contribution is -2.56. The number of hydrogen-bond acceptors (Lipinski definition) is 9. The second kappa shape index (κ2) is 19.0. The summed E-state index contributed by atoms with van der Waals surface area (Å²) in [6.45, 7) is 8.57. The van der Waals surface area contributed by atoms with E-state index in [9.17, 15) is 44.3 Å². The van der Waals surface area contributed by atoms with E-state index in [1.54, 1.807) is 0 Å². The van der Waals surface area contributed by atoms with Crippen LogP contribution in [0.1, 0.15) is 47.7 Å². The number of carbonyl (C=O) groups is 4. The molecule has 23 heteroatoms. The summed E-state index contributed by atoms with van der Waals surface area (Å²) in [5.74, 6) is -6.92. The maximum Gasteiger partial charge on any atom is 0.490 e. The Kier molecular flexibility index (Phi) is 16.0. The monoisotopic (exact) mass is 779 g/mol.